The Bertz CT molecular complexity index is 1430. The first-order valence-corrected chi connectivity index (χ1v) is 21.8. The van der Waals surface area contributed by atoms with Gasteiger partial charge >= 0.3 is 0 Å². The number of aliphatic imine (C=N–C) groups is 1. The van der Waals surface area contributed by atoms with Crippen LogP contribution in [-0.2, 0) is 0 Å². The van der Waals surface area contributed by atoms with Gasteiger partial charge in [-0.2, -0.15) is 0 Å². The number of likely N-dealkylation sites (N-methyl/N-ethyl adjacent to an activating group) is 1. The van der Waals surface area contributed by atoms with E-state index in [2.05, 4.69) is 150 Å². The quantitative estimate of drug-likeness (QED) is 0.0370. The Morgan fingerprint density at radius 1 is 0.642 bits per heavy atom. The second kappa shape index (κ2) is 29.0. The second-order valence-electron chi connectivity index (χ2n) is 13.2. The summed E-state index contributed by atoms with van der Waals surface area (Å²) in [5, 5.41) is 0. The molecule has 0 fully saturated rings. The summed E-state index contributed by atoms with van der Waals surface area (Å²) >= 11 is 0. The fourth-order valence-corrected chi connectivity index (χ4v) is 7.58. The van der Waals surface area contributed by atoms with E-state index in [0.29, 0.717) is 0 Å². The first-order chi connectivity index (χ1) is 25.8. The van der Waals surface area contributed by atoms with Gasteiger partial charge in [-0.1, -0.05) is 95.0 Å². The molecule has 8 heteroatoms. The van der Waals surface area contributed by atoms with Gasteiger partial charge in [-0.3, -0.25) is 4.99 Å². The molecule has 2 aromatic rings. The highest BCUT2D eigenvalue weighted by atomic mass is 33.1. The predicted molar refractivity (Wildman–Crippen MR) is 245 cm³/mol. The SMILES string of the molecule is C=C(/C=C/c1ccc(N(C)CCCN(C)CCSSCCN(C)CCCCN(C)c2ccc(/C=C/C=C/C=C\C=NCC)cc2)cc1)N(/C=C\C)CC. The highest BCUT2D eigenvalue weighted by molar-refractivity contribution is 8.76. The van der Waals surface area contributed by atoms with E-state index in [-0.39, 0.29) is 0 Å². The largest absolute Gasteiger partial charge is 0.375 e. The minimum Gasteiger partial charge on any atom is -0.375 e. The van der Waals surface area contributed by atoms with E-state index in [1.807, 2.05) is 72.0 Å². The van der Waals surface area contributed by atoms with Crippen LogP contribution in [0.1, 0.15) is 51.2 Å². The van der Waals surface area contributed by atoms with Crippen LogP contribution in [0.2, 0.25) is 0 Å². The zero-order valence-electron chi connectivity index (χ0n) is 33.9. The Morgan fingerprint density at radius 2 is 1.15 bits per heavy atom. The van der Waals surface area contributed by atoms with Crippen molar-refractivity contribution >= 4 is 51.3 Å². The number of benzene rings is 2. The normalized spacial score (nSPS) is 12.4. The molecule has 0 aliphatic carbocycles. The van der Waals surface area contributed by atoms with Crippen molar-refractivity contribution in [3.05, 3.63) is 121 Å². The molecule has 0 saturated heterocycles. The highest BCUT2D eigenvalue weighted by Gasteiger charge is 2.06. The number of nitrogens with zero attached hydrogens (tertiary/aromatic N) is 6. The van der Waals surface area contributed by atoms with Gasteiger partial charge in [0.25, 0.3) is 0 Å². The average molecular weight is 757 g/mol. The van der Waals surface area contributed by atoms with Gasteiger partial charge in [0.15, 0.2) is 0 Å². The molecule has 2 aromatic carbocycles. The molecule has 0 spiro atoms. The van der Waals surface area contributed by atoms with Crippen molar-refractivity contribution in [1.82, 2.24) is 14.7 Å². The van der Waals surface area contributed by atoms with Gasteiger partial charge in [0.1, 0.15) is 0 Å². The summed E-state index contributed by atoms with van der Waals surface area (Å²) in [5.41, 5.74) is 5.93. The third-order valence-corrected chi connectivity index (χ3v) is 11.2. The van der Waals surface area contributed by atoms with Crippen LogP contribution in [0, 0.1) is 0 Å². The van der Waals surface area contributed by atoms with Crippen molar-refractivity contribution in [2.45, 2.75) is 40.0 Å². The molecule has 0 aliphatic rings. The van der Waals surface area contributed by atoms with Gasteiger partial charge in [0.05, 0.1) is 0 Å². The smallest absolute Gasteiger partial charge is 0.0364 e. The molecule has 2 rings (SSSR count). The third kappa shape index (κ3) is 21.2. The maximum atomic E-state index is 4.19. The van der Waals surface area contributed by atoms with Gasteiger partial charge in [-0.05, 0) is 121 Å². The van der Waals surface area contributed by atoms with Crippen LogP contribution < -0.4 is 9.80 Å². The van der Waals surface area contributed by atoms with Crippen molar-refractivity contribution in [3.8, 4) is 0 Å². The van der Waals surface area contributed by atoms with E-state index in [4.69, 9.17) is 0 Å². The molecule has 0 atom stereocenters. The lowest BCUT2D eigenvalue weighted by molar-refractivity contribution is 0.347. The number of allylic oxidation sites excluding steroid dienone is 7. The summed E-state index contributed by atoms with van der Waals surface area (Å²) in [4.78, 5) is 16.0. The average Bonchev–Trinajstić information content (AvgIpc) is 3.17. The Morgan fingerprint density at radius 3 is 1.72 bits per heavy atom. The van der Waals surface area contributed by atoms with Crippen LogP contribution in [0.3, 0.4) is 0 Å². The molecule has 0 bridgehead atoms. The van der Waals surface area contributed by atoms with E-state index < -0.39 is 0 Å². The molecular weight excluding hydrogens is 689 g/mol. The van der Waals surface area contributed by atoms with E-state index in [0.717, 1.165) is 64.5 Å². The molecule has 53 heavy (non-hydrogen) atoms. The molecule has 290 valence electrons. The van der Waals surface area contributed by atoms with Crippen LogP contribution in [0.4, 0.5) is 11.4 Å². The molecule has 0 amide bonds. The Balaban J connectivity index is 1.50. The monoisotopic (exact) mass is 756 g/mol. The summed E-state index contributed by atoms with van der Waals surface area (Å²) in [6.45, 7) is 18.8. The van der Waals surface area contributed by atoms with Crippen molar-refractivity contribution in [3.63, 3.8) is 0 Å². The predicted octanol–water partition coefficient (Wildman–Crippen LogP) is 10.3. The van der Waals surface area contributed by atoms with Crippen LogP contribution in [-0.4, -0.2) is 113 Å². The molecule has 0 N–H and O–H groups in total. The first-order valence-electron chi connectivity index (χ1n) is 19.3. The summed E-state index contributed by atoms with van der Waals surface area (Å²) in [7, 11) is 12.9. The summed E-state index contributed by atoms with van der Waals surface area (Å²) in [6.07, 6.45) is 25.9. The summed E-state index contributed by atoms with van der Waals surface area (Å²) < 4.78 is 0. The van der Waals surface area contributed by atoms with Gasteiger partial charge in [0.2, 0.25) is 0 Å². The first kappa shape index (κ1) is 45.7. The van der Waals surface area contributed by atoms with Gasteiger partial charge in [-0.15, -0.1) is 0 Å². The Labute approximate surface area is 332 Å². The topological polar surface area (TPSA) is 28.6 Å². The molecule has 0 radical (unpaired) electrons. The molecule has 0 unspecified atom stereocenters. The standard InChI is InChI=1S/C45H68N6S2/c1-9-32-51(11-3)41(4)21-22-43-25-29-45(30-26-43)50(8)36-19-34-48(6)38-40-53-52-39-37-47(5)33-17-18-35-49(7)44-27-23-42(24-28-44)20-15-13-12-14-16-31-46-10-2/h9,12-16,20-32H,4,10-11,17-19,33-40H2,1-3,5-8H3/b13-12+,16-14-,20-15+,22-21+,32-9-,46-31?. The van der Waals surface area contributed by atoms with Crippen LogP contribution in [0.25, 0.3) is 12.2 Å². The second-order valence-corrected chi connectivity index (χ2v) is 15.9. The highest BCUT2D eigenvalue weighted by Crippen LogP contribution is 2.21. The minimum atomic E-state index is 0.820. The van der Waals surface area contributed by atoms with E-state index in [1.165, 1.54) is 46.8 Å². The van der Waals surface area contributed by atoms with E-state index in [1.54, 1.807) is 0 Å². The third-order valence-electron chi connectivity index (χ3n) is 8.79. The molecule has 0 aliphatic heterocycles. The fourth-order valence-electron chi connectivity index (χ4n) is 5.42. The fraction of sp³-hybridized carbons (Fsp3) is 0.444. The number of anilines is 2. The lowest BCUT2D eigenvalue weighted by atomic mass is 10.1. The van der Waals surface area contributed by atoms with Crippen LogP contribution in [0.5, 0.6) is 0 Å². The number of rotatable bonds is 28. The summed E-state index contributed by atoms with van der Waals surface area (Å²) in [6, 6.07) is 17.6. The van der Waals surface area contributed by atoms with E-state index in [9.17, 15) is 0 Å². The van der Waals surface area contributed by atoms with Crippen LogP contribution >= 0.6 is 21.6 Å². The van der Waals surface area contributed by atoms with Gasteiger partial charge in [-0.25, -0.2) is 0 Å². The number of hydrogen-bond acceptors (Lipinski definition) is 8. The van der Waals surface area contributed by atoms with Gasteiger partial charge < -0.3 is 24.5 Å². The van der Waals surface area contributed by atoms with Crippen LogP contribution in [0.15, 0.2) is 115 Å². The van der Waals surface area contributed by atoms with Gasteiger partial charge in [0, 0.05) is 88.2 Å². The number of unbranched alkanes of at least 4 members (excludes halogenated alkanes) is 1. The zero-order valence-corrected chi connectivity index (χ0v) is 35.5. The van der Waals surface area contributed by atoms with Crippen molar-refractivity contribution in [2.24, 2.45) is 4.99 Å². The lowest BCUT2D eigenvalue weighted by Crippen LogP contribution is -2.27. The zero-order chi connectivity index (χ0) is 38.5. The number of hydrogen-bond donors (Lipinski definition) is 0. The molecular formula is C45H68N6S2. The van der Waals surface area contributed by atoms with Crippen molar-refractivity contribution in [1.29, 1.82) is 0 Å². The summed E-state index contributed by atoms with van der Waals surface area (Å²) in [5.74, 6) is 2.34. The Hall–Kier alpha value is -3.43. The molecule has 6 nitrogen and oxygen atoms in total. The maximum Gasteiger partial charge on any atom is 0.0364 e. The van der Waals surface area contributed by atoms with E-state index >= 15 is 0 Å². The molecule has 0 saturated carbocycles. The molecule has 0 aromatic heterocycles. The maximum absolute atomic E-state index is 4.19. The van der Waals surface area contributed by atoms with Crippen molar-refractivity contribution < 1.29 is 0 Å². The lowest BCUT2D eigenvalue weighted by Gasteiger charge is -2.22. The van der Waals surface area contributed by atoms with Crippen molar-refractivity contribution in [2.75, 3.05) is 102 Å². The minimum absolute atomic E-state index is 0.820. The Kier molecular flexibility index (Phi) is 25.0. The molecule has 0 heterocycles.